The average Bonchev–Trinajstić information content (AvgIpc) is 2.78. The van der Waals surface area contributed by atoms with Crippen molar-refractivity contribution in [3.63, 3.8) is 0 Å². The summed E-state index contributed by atoms with van der Waals surface area (Å²) in [5.74, 6) is 0.363. The average molecular weight is 390 g/mol. The molecule has 6 heteroatoms. The Labute approximate surface area is 169 Å². The Morgan fingerprint density at radius 3 is 1.97 bits per heavy atom. The molecular formula is C23H22N2O4. The smallest absolute Gasteiger partial charge is 0.276 e. The van der Waals surface area contributed by atoms with E-state index in [4.69, 9.17) is 9.47 Å². The van der Waals surface area contributed by atoms with E-state index in [1.54, 1.807) is 36.4 Å². The predicted molar refractivity (Wildman–Crippen MR) is 111 cm³/mol. The summed E-state index contributed by atoms with van der Waals surface area (Å²) in [5.41, 5.74) is 7.27. The lowest BCUT2D eigenvalue weighted by Crippen LogP contribution is -2.43. The van der Waals surface area contributed by atoms with Gasteiger partial charge in [-0.3, -0.25) is 20.4 Å². The number of nitrogens with one attached hydrogen (secondary N) is 2. The van der Waals surface area contributed by atoms with Crippen LogP contribution in [0.5, 0.6) is 11.5 Å². The summed E-state index contributed by atoms with van der Waals surface area (Å²) in [6.45, 7) is 2.22. The number of ether oxygens (including phenoxy) is 2. The van der Waals surface area contributed by atoms with Crippen molar-refractivity contribution in [1.82, 2.24) is 10.9 Å². The molecule has 0 aliphatic carbocycles. The highest BCUT2D eigenvalue weighted by Gasteiger charge is 2.08. The lowest BCUT2D eigenvalue weighted by molar-refractivity contribution is -0.123. The van der Waals surface area contributed by atoms with E-state index in [9.17, 15) is 9.59 Å². The zero-order valence-corrected chi connectivity index (χ0v) is 16.1. The van der Waals surface area contributed by atoms with E-state index >= 15 is 0 Å². The number of rotatable bonds is 7. The molecule has 2 N–H and O–H groups in total. The molecule has 148 valence electrons. The molecule has 0 aliphatic heterocycles. The van der Waals surface area contributed by atoms with Crippen LogP contribution in [0.15, 0.2) is 78.9 Å². The Kier molecular flexibility index (Phi) is 6.84. The third kappa shape index (κ3) is 5.84. The molecule has 6 nitrogen and oxygen atoms in total. The largest absolute Gasteiger partial charge is 0.494 e. The van der Waals surface area contributed by atoms with Gasteiger partial charge in [-0.15, -0.1) is 0 Å². The van der Waals surface area contributed by atoms with E-state index in [-0.39, 0.29) is 6.61 Å². The third-order valence-electron chi connectivity index (χ3n) is 4.07. The minimum Gasteiger partial charge on any atom is -0.494 e. The van der Waals surface area contributed by atoms with Crippen molar-refractivity contribution in [2.45, 2.75) is 6.92 Å². The van der Waals surface area contributed by atoms with Crippen LogP contribution in [-0.2, 0) is 4.79 Å². The molecule has 0 aliphatic rings. The summed E-state index contributed by atoms with van der Waals surface area (Å²) >= 11 is 0. The summed E-state index contributed by atoms with van der Waals surface area (Å²) in [5, 5.41) is 0. The molecular weight excluding hydrogens is 368 g/mol. The summed E-state index contributed by atoms with van der Waals surface area (Å²) < 4.78 is 10.8. The monoisotopic (exact) mass is 390 g/mol. The number of hydrazine groups is 1. The Bertz CT molecular complexity index is 939. The lowest BCUT2D eigenvalue weighted by atomic mass is 10.1. The Hall–Kier alpha value is -3.80. The quantitative estimate of drug-likeness (QED) is 0.605. The molecule has 0 atom stereocenters. The summed E-state index contributed by atoms with van der Waals surface area (Å²) in [6, 6.07) is 24.1. The molecule has 3 rings (SSSR count). The van der Waals surface area contributed by atoms with E-state index in [1.807, 2.05) is 49.4 Å². The molecule has 0 bridgehead atoms. The Morgan fingerprint density at radius 1 is 0.724 bits per heavy atom. The summed E-state index contributed by atoms with van der Waals surface area (Å²) in [4.78, 5) is 24.0. The lowest BCUT2D eigenvalue weighted by Gasteiger charge is -2.10. The Balaban J connectivity index is 1.44. The first-order chi connectivity index (χ1) is 14.2. The van der Waals surface area contributed by atoms with Gasteiger partial charge in [-0.1, -0.05) is 42.5 Å². The molecule has 0 unspecified atom stereocenters. The van der Waals surface area contributed by atoms with Gasteiger partial charge in [0.15, 0.2) is 6.61 Å². The first-order valence-electron chi connectivity index (χ1n) is 9.26. The van der Waals surface area contributed by atoms with Crippen LogP contribution >= 0.6 is 0 Å². The molecule has 2 amide bonds. The molecule has 0 saturated carbocycles. The molecule has 3 aromatic carbocycles. The number of benzene rings is 3. The molecule has 29 heavy (non-hydrogen) atoms. The molecule has 0 spiro atoms. The summed E-state index contributed by atoms with van der Waals surface area (Å²) in [7, 11) is 0. The van der Waals surface area contributed by atoms with E-state index < -0.39 is 11.8 Å². The molecule has 0 saturated heterocycles. The fourth-order valence-electron chi connectivity index (χ4n) is 2.63. The van der Waals surface area contributed by atoms with Crippen molar-refractivity contribution >= 4 is 11.8 Å². The van der Waals surface area contributed by atoms with E-state index in [0.717, 1.165) is 11.1 Å². The highest BCUT2D eigenvalue weighted by Crippen LogP contribution is 2.21. The SMILES string of the molecule is CCOc1ccc(C(=O)NNC(=O)COc2ccc(-c3ccccc3)cc2)cc1. The third-order valence-corrected chi connectivity index (χ3v) is 4.07. The first kappa shape index (κ1) is 19.9. The van der Waals surface area contributed by atoms with Crippen molar-refractivity contribution in [1.29, 1.82) is 0 Å². The van der Waals surface area contributed by atoms with Crippen molar-refractivity contribution < 1.29 is 19.1 Å². The van der Waals surface area contributed by atoms with Gasteiger partial charge >= 0.3 is 0 Å². The highest BCUT2D eigenvalue weighted by molar-refractivity contribution is 5.95. The van der Waals surface area contributed by atoms with Gasteiger partial charge in [0, 0.05) is 5.56 Å². The number of hydrogen-bond acceptors (Lipinski definition) is 4. The van der Waals surface area contributed by atoms with Crippen LogP contribution < -0.4 is 20.3 Å². The highest BCUT2D eigenvalue weighted by atomic mass is 16.5. The van der Waals surface area contributed by atoms with Crippen molar-refractivity contribution in [3.8, 4) is 22.6 Å². The minimum absolute atomic E-state index is 0.214. The van der Waals surface area contributed by atoms with Crippen molar-refractivity contribution in [2.24, 2.45) is 0 Å². The zero-order valence-electron chi connectivity index (χ0n) is 16.1. The van der Waals surface area contributed by atoms with Crippen molar-refractivity contribution in [3.05, 3.63) is 84.4 Å². The summed E-state index contributed by atoms with van der Waals surface area (Å²) in [6.07, 6.45) is 0. The van der Waals surface area contributed by atoms with E-state index in [2.05, 4.69) is 10.9 Å². The van der Waals surface area contributed by atoms with Gasteiger partial charge in [0.1, 0.15) is 11.5 Å². The molecule has 0 aromatic heterocycles. The fraction of sp³-hybridized carbons (Fsp3) is 0.130. The van der Waals surface area contributed by atoms with Gasteiger partial charge in [-0.25, -0.2) is 0 Å². The zero-order chi connectivity index (χ0) is 20.5. The van der Waals surface area contributed by atoms with Gasteiger partial charge < -0.3 is 9.47 Å². The van der Waals surface area contributed by atoms with E-state index in [0.29, 0.717) is 23.7 Å². The maximum Gasteiger partial charge on any atom is 0.276 e. The topological polar surface area (TPSA) is 76.7 Å². The van der Waals surface area contributed by atoms with Gasteiger partial charge in [0.25, 0.3) is 11.8 Å². The second-order valence-electron chi connectivity index (χ2n) is 6.14. The van der Waals surface area contributed by atoms with E-state index in [1.165, 1.54) is 0 Å². The number of amides is 2. The second-order valence-corrected chi connectivity index (χ2v) is 6.14. The minimum atomic E-state index is -0.462. The van der Waals surface area contributed by atoms with Crippen LogP contribution in [0, 0.1) is 0 Å². The van der Waals surface area contributed by atoms with Crippen LogP contribution in [0.4, 0.5) is 0 Å². The van der Waals surface area contributed by atoms with Crippen LogP contribution in [0.3, 0.4) is 0 Å². The molecule has 0 heterocycles. The molecule has 3 aromatic rings. The fourth-order valence-corrected chi connectivity index (χ4v) is 2.63. The molecule has 0 radical (unpaired) electrons. The van der Waals surface area contributed by atoms with Crippen molar-refractivity contribution in [2.75, 3.05) is 13.2 Å². The number of carbonyl (C=O) groups excluding carboxylic acids is 2. The maximum absolute atomic E-state index is 12.1. The van der Waals surface area contributed by atoms with Gasteiger partial charge in [0.2, 0.25) is 0 Å². The second kappa shape index (κ2) is 9.94. The van der Waals surface area contributed by atoms with Gasteiger partial charge in [-0.2, -0.15) is 0 Å². The van der Waals surface area contributed by atoms with Crippen LogP contribution in [0.25, 0.3) is 11.1 Å². The first-order valence-corrected chi connectivity index (χ1v) is 9.26. The number of hydrogen-bond donors (Lipinski definition) is 2. The van der Waals surface area contributed by atoms with Gasteiger partial charge in [0.05, 0.1) is 6.61 Å². The van der Waals surface area contributed by atoms with Crippen LogP contribution in [-0.4, -0.2) is 25.0 Å². The Morgan fingerprint density at radius 2 is 1.31 bits per heavy atom. The predicted octanol–water partition coefficient (Wildman–Crippen LogP) is 3.59. The molecule has 0 fully saturated rings. The number of carbonyl (C=O) groups is 2. The standard InChI is InChI=1S/C23H22N2O4/c1-2-28-20-14-10-19(11-15-20)23(27)25-24-22(26)16-29-21-12-8-18(9-13-21)17-6-4-3-5-7-17/h3-15H,2,16H2,1H3,(H,24,26)(H,25,27). The maximum atomic E-state index is 12.1. The van der Waals surface area contributed by atoms with Gasteiger partial charge in [-0.05, 0) is 54.4 Å². The van der Waals surface area contributed by atoms with Crippen LogP contribution in [0.1, 0.15) is 17.3 Å². The normalized spacial score (nSPS) is 10.1. The van der Waals surface area contributed by atoms with Crippen LogP contribution in [0.2, 0.25) is 0 Å².